The van der Waals surface area contributed by atoms with E-state index in [1.54, 1.807) is 0 Å². The molecule has 4 heteroatoms. The molecule has 0 bridgehead atoms. The molecule has 1 saturated heterocycles. The Kier molecular flexibility index (Phi) is 5.16. The molecule has 1 N–H and O–H groups in total. The van der Waals surface area contributed by atoms with Crippen LogP contribution in [0.2, 0.25) is 0 Å². The number of hydrogen-bond donors (Lipinski definition) is 1. The Hall–Kier alpha value is -1.13. The van der Waals surface area contributed by atoms with Crippen LogP contribution in [0.25, 0.3) is 0 Å². The zero-order valence-electron chi connectivity index (χ0n) is 12.3. The van der Waals surface area contributed by atoms with Gasteiger partial charge in [-0.15, -0.1) is 0 Å². The van der Waals surface area contributed by atoms with Crippen LogP contribution in [0.3, 0.4) is 0 Å². The monoisotopic (exact) mass is 263 g/mol. The summed E-state index contributed by atoms with van der Waals surface area (Å²) in [6, 6.07) is 4.80. The molecule has 1 aromatic heterocycles. The largest absolute Gasteiger partial charge is 0.383 e. The number of ether oxygens (including phenoxy) is 1. The number of hydrogen-bond acceptors (Lipinski definition) is 4. The lowest BCUT2D eigenvalue weighted by Crippen LogP contribution is -2.46. The highest BCUT2D eigenvalue weighted by atomic mass is 16.5. The summed E-state index contributed by atoms with van der Waals surface area (Å²) in [7, 11) is 0. The lowest BCUT2D eigenvalue weighted by molar-refractivity contribution is 0.0184. The number of nitrogens with zero attached hydrogens (tertiary/aromatic N) is 2. The second-order valence-electron chi connectivity index (χ2n) is 5.23. The number of pyridine rings is 1. The topological polar surface area (TPSA) is 37.4 Å². The Morgan fingerprint density at radius 1 is 1.26 bits per heavy atom. The lowest BCUT2D eigenvalue weighted by Gasteiger charge is -2.34. The Morgan fingerprint density at radius 2 is 1.89 bits per heavy atom. The minimum absolute atomic E-state index is 0.581. The third-order valence-corrected chi connectivity index (χ3v) is 3.66. The molecule has 2 rings (SSSR count). The van der Waals surface area contributed by atoms with E-state index >= 15 is 0 Å². The molecule has 0 aromatic carbocycles. The van der Waals surface area contributed by atoms with Gasteiger partial charge in [-0.1, -0.05) is 6.92 Å². The fraction of sp³-hybridized carbons (Fsp3) is 0.667. The fourth-order valence-electron chi connectivity index (χ4n) is 2.65. The van der Waals surface area contributed by atoms with E-state index in [4.69, 9.17) is 4.74 Å². The van der Waals surface area contributed by atoms with E-state index in [0.29, 0.717) is 6.04 Å². The van der Waals surface area contributed by atoms with Crippen molar-refractivity contribution in [1.29, 1.82) is 0 Å². The van der Waals surface area contributed by atoms with Crippen LogP contribution < -0.4 is 5.32 Å². The smallest absolute Gasteiger partial charge is 0.0594 e. The standard InChI is InChI=1S/C15H25N3O/c1-4-15(18-5-7-19-8-6-18)11-16-14-9-12(2)17-13(3)10-14/h9-10,15H,4-8,11H2,1-3H3,(H,16,17). The maximum atomic E-state index is 5.42. The van der Waals surface area contributed by atoms with Crippen molar-refractivity contribution in [1.82, 2.24) is 9.88 Å². The van der Waals surface area contributed by atoms with E-state index in [-0.39, 0.29) is 0 Å². The van der Waals surface area contributed by atoms with Crippen LogP contribution in [0.15, 0.2) is 12.1 Å². The molecular formula is C15H25N3O. The van der Waals surface area contributed by atoms with Crippen molar-refractivity contribution in [3.8, 4) is 0 Å². The molecule has 0 saturated carbocycles. The van der Waals surface area contributed by atoms with Crippen LogP contribution in [0.1, 0.15) is 24.7 Å². The molecule has 0 aliphatic carbocycles. The van der Waals surface area contributed by atoms with Crippen molar-refractivity contribution >= 4 is 5.69 Å². The molecule has 19 heavy (non-hydrogen) atoms. The number of rotatable bonds is 5. The zero-order chi connectivity index (χ0) is 13.7. The normalized spacial score (nSPS) is 18.3. The van der Waals surface area contributed by atoms with Gasteiger partial charge in [0.2, 0.25) is 0 Å². The third-order valence-electron chi connectivity index (χ3n) is 3.66. The molecule has 106 valence electrons. The average molecular weight is 263 g/mol. The summed E-state index contributed by atoms with van der Waals surface area (Å²) in [4.78, 5) is 6.93. The van der Waals surface area contributed by atoms with Crippen LogP contribution in [-0.4, -0.2) is 48.8 Å². The molecule has 0 amide bonds. The van der Waals surface area contributed by atoms with Gasteiger partial charge >= 0.3 is 0 Å². The van der Waals surface area contributed by atoms with E-state index < -0.39 is 0 Å². The molecule has 0 spiro atoms. The van der Waals surface area contributed by atoms with E-state index in [1.807, 2.05) is 13.8 Å². The first kappa shape index (κ1) is 14.3. The Balaban J connectivity index is 1.91. The van der Waals surface area contributed by atoms with E-state index in [2.05, 4.69) is 34.3 Å². The summed E-state index contributed by atoms with van der Waals surface area (Å²) < 4.78 is 5.42. The quantitative estimate of drug-likeness (QED) is 0.884. The van der Waals surface area contributed by atoms with Crippen molar-refractivity contribution in [3.05, 3.63) is 23.5 Å². The first-order valence-electron chi connectivity index (χ1n) is 7.20. The Labute approximate surface area is 116 Å². The summed E-state index contributed by atoms with van der Waals surface area (Å²) in [5.74, 6) is 0. The first-order chi connectivity index (χ1) is 9.19. The number of anilines is 1. The van der Waals surface area contributed by atoms with Gasteiger partial charge in [-0.05, 0) is 32.4 Å². The summed E-state index contributed by atoms with van der Waals surface area (Å²) in [6.07, 6.45) is 1.16. The van der Waals surface area contributed by atoms with Gasteiger partial charge < -0.3 is 10.1 Å². The van der Waals surface area contributed by atoms with Crippen molar-refractivity contribution in [2.24, 2.45) is 0 Å². The molecule has 2 heterocycles. The highest BCUT2D eigenvalue weighted by molar-refractivity contribution is 5.45. The minimum atomic E-state index is 0.581. The fourth-order valence-corrected chi connectivity index (χ4v) is 2.65. The highest BCUT2D eigenvalue weighted by Gasteiger charge is 2.19. The van der Waals surface area contributed by atoms with Gasteiger partial charge in [0.05, 0.1) is 13.2 Å². The summed E-state index contributed by atoms with van der Waals surface area (Å²) in [6.45, 7) is 11.1. The van der Waals surface area contributed by atoms with Crippen molar-refractivity contribution in [2.45, 2.75) is 33.2 Å². The maximum Gasteiger partial charge on any atom is 0.0594 e. The van der Waals surface area contributed by atoms with Gasteiger partial charge in [-0.25, -0.2) is 0 Å². The van der Waals surface area contributed by atoms with Gasteiger partial charge in [0.1, 0.15) is 0 Å². The summed E-state index contributed by atoms with van der Waals surface area (Å²) in [5, 5.41) is 3.55. The molecule has 1 fully saturated rings. The number of morpholine rings is 1. The van der Waals surface area contributed by atoms with Crippen molar-refractivity contribution in [3.63, 3.8) is 0 Å². The van der Waals surface area contributed by atoms with Crippen molar-refractivity contribution in [2.75, 3.05) is 38.2 Å². The summed E-state index contributed by atoms with van der Waals surface area (Å²) in [5.41, 5.74) is 3.32. The number of nitrogens with one attached hydrogen (secondary N) is 1. The molecule has 1 aliphatic rings. The van der Waals surface area contributed by atoms with Gasteiger partial charge in [0, 0.05) is 42.8 Å². The Bertz CT molecular complexity index is 382. The average Bonchev–Trinajstić information content (AvgIpc) is 2.39. The first-order valence-corrected chi connectivity index (χ1v) is 7.20. The van der Waals surface area contributed by atoms with Crippen LogP contribution >= 0.6 is 0 Å². The predicted molar refractivity (Wildman–Crippen MR) is 78.7 cm³/mol. The third kappa shape index (κ3) is 4.18. The molecule has 0 radical (unpaired) electrons. The molecule has 4 nitrogen and oxygen atoms in total. The van der Waals surface area contributed by atoms with Gasteiger partial charge in [-0.2, -0.15) is 0 Å². The zero-order valence-corrected chi connectivity index (χ0v) is 12.3. The summed E-state index contributed by atoms with van der Waals surface area (Å²) >= 11 is 0. The molecular weight excluding hydrogens is 238 g/mol. The number of aromatic nitrogens is 1. The minimum Gasteiger partial charge on any atom is -0.383 e. The predicted octanol–water partition coefficient (Wildman–Crippen LogP) is 2.22. The lowest BCUT2D eigenvalue weighted by atomic mass is 10.1. The second kappa shape index (κ2) is 6.87. The highest BCUT2D eigenvalue weighted by Crippen LogP contribution is 2.13. The van der Waals surface area contributed by atoms with Crippen LogP contribution in [0, 0.1) is 13.8 Å². The SMILES string of the molecule is CCC(CNc1cc(C)nc(C)c1)N1CCOCC1. The van der Waals surface area contributed by atoms with E-state index in [1.165, 1.54) is 5.69 Å². The van der Waals surface area contributed by atoms with Gasteiger partial charge in [0.15, 0.2) is 0 Å². The second-order valence-corrected chi connectivity index (χ2v) is 5.23. The number of aryl methyl sites for hydroxylation is 2. The molecule has 1 unspecified atom stereocenters. The Morgan fingerprint density at radius 3 is 2.47 bits per heavy atom. The molecule has 1 aromatic rings. The van der Waals surface area contributed by atoms with Crippen LogP contribution in [0.4, 0.5) is 5.69 Å². The van der Waals surface area contributed by atoms with Crippen molar-refractivity contribution < 1.29 is 4.74 Å². The van der Waals surface area contributed by atoms with E-state index in [0.717, 1.165) is 50.7 Å². The van der Waals surface area contributed by atoms with Crippen LogP contribution in [0.5, 0.6) is 0 Å². The van der Waals surface area contributed by atoms with Gasteiger partial charge in [0.25, 0.3) is 0 Å². The van der Waals surface area contributed by atoms with Crippen LogP contribution in [-0.2, 0) is 4.74 Å². The van der Waals surface area contributed by atoms with Gasteiger partial charge in [-0.3, -0.25) is 9.88 Å². The van der Waals surface area contributed by atoms with E-state index in [9.17, 15) is 0 Å². The maximum absolute atomic E-state index is 5.42. The molecule has 1 atom stereocenters. The molecule has 1 aliphatic heterocycles.